The van der Waals surface area contributed by atoms with Crippen LogP contribution < -0.4 is 10.6 Å². The highest BCUT2D eigenvalue weighted by molar-refractivity contribution is 5.85. The largest absolute Gasteiger partial charge is 0.465 e. The molecule has 0 saturated carbocycles. The molecule has 3 N–H and O–H groups in total. The number of nitrogens with zero attached hydrogens (tertiary/aromatic N) is 1. The van der Waals surface area contributed by atoms with Crippen LogP contribution in [-0.4, -0.2) is 54.7 Å². The lowest BCUT2D eigenvalue weighted by atomic mass is 10.0. The van der Waals surface area contributed by atoms with Crippen molar-refractivity contribution in [3.63, 3.8) is 0 Å². The first-order chi connectivity index (χ1) is 7.19. The minimum atomic E-state index is -1.02. The average molecular weight is 252 g/mol. The maximum Gasteiger partial charge on any atom is 0.407 e. The van der Waals surface area contributed by atoms with Crippen LogP contribution in [0.5, 0.6) is 0 Å². The van der Waals surface area contributed by atoms with Crippen LogP contribution in [0.4, 0.5) is 4.79 Å². The first kappa shape index (κ1) is 15.2. The maximum atomic E-state index is 10.9. The van der Waals surface area contributed by atoms with Gasteiger partial charge in [-0.3, -0.25) is 4.90 Å². The summed E-state index contributed by atoms with van der Waals surface area (Å²) in [4.78, 5) is 22.5. The molecule has 1 heterocycles. The molecular formula is C9H18ClN3O3. The molecule has 1 amide bonds. The van der Waals surface area contributed by atoms with E-state index in [4.69, 9.17) is 5.11 Å². The zero-order valence-corrected chi connectivity index (χ0v) is 10.00. The molecule has 0 aromatic heterocycles. The van der Waals surface area contributed by atoms with Gasteiger partial charge in [0.2, 0.25) is 0 Å². The van der Waals surface area contributed by atoms with Gasteiger partial charge in [0.05, 0.1) is 12.7 Å². The number of carboxylic acid groups (broad SMARTS) is 1. The SMILES string of the molecule is CNC1CC(N(CC=O)C(=O)O)CCN1.Cl. The molecule has 0 bridgehead atoms. The molecule has 2 unspecified atom stereocenters. The first-order valence-electron chi connectivity index (χ1n) is 5.03. The number of carbonyl (C=O) groups is 2. The van der Waals surface area contributed by atoms with Gasteiger partial charge in [-0.25, -0.2) is 4.79 Å². The van der Waals surface area contributed by atoms with Gasteiger partial charge in [0.15, 0.2) is 0 Å². The summed E-state index contributed by atoms with van der Waals surface area (Å²) in [5, 5.41) is 15.2. The summed E-state index contributed by atoms with van der Waals surface area (Å²) in [7, 11) is 1.82. The Balaban J connectivity index is 0.00000225. The predicted molar refractivity (Wildman–Crippen MR) is 61.9 cm³/mol. The van der Waals surface area contributed by atoms with E-state index in [0.717, 1.165) is 13.0 Å². The molecule has 6 nitrogen and oxygen atoms in total. The fourth-order valence-electron chi connectivity index (χ4n) is 1.86. The Labute approximate surface area is 101 Å². The van der Waals surface area contributed by atoms with E-state index in [1.807, 2.05) is 7.05 Å². The third kappa shape index (κ3) is 3.96. The second-order valence-corrected chi connectivity index (χ2v) is 3.58. The van der Waals surface area contributed by atoms with E-state index in [-0.39, 0.29) is 31.2 Å². The van der Waals surface area contributed by atoms with Gasteiger partial charge in [-0.2, -0.15) is 0 Å². The summed E-state index contributed by atoms with van der Waals surface area (Å²) in [6.45, 7) is 0.718. The van der Waals surface area contributed by atoms with Crippen LogP contribution in [-0.2, 0) is 4.79 Å². The third-order valence-corrected chi connectivity index (χ3v) is 2.68. The van der Waals surface area contributed by atoms with Crippen LogP contribution in [0.25, 0.3) is 0 Å². The van der Waals surface area contributed by atoms with Crippen molar-refractivity contribution in [3.8, 4) is 0 Å². The Hall–Kier alpha value is -0.850. The van der Waals surface area contributed by atoms with Gasteiger partial charge in [-0.15, -0.1) is 12.4 Å². The van der Waals surface area contributed by atoms with E-state index in [9.17, 15) is 9.59 Å². The van der Waals surface area contributed by atoms with Gasteiger partial charge in [-0.05, 0) is 26.4 Å². The molecule has 0 radical (unpaired) electrons. The summed E-state index contributed by atoms with van der Waals surface area (Å²) in [5.74, 6) is 0. The molecule has 16 heavy (non-hydrogen) atoms. The number of aldehydes is 1. The fourth-order valence-corrected chi connectivity index (χ4v) is 1.86. The summed E-state index contributed by atoms with van der Waals surface area (Å²) >= 11 is 0. The molecule has 0 aromatic carbocycles. The van der Waals surface area contributed by atoms with Gasteiger partial charge < -0.3 is 20.5 Å². The Morgan fingerprint density at radius 3 is 2.88 bits per heavy atom. The molecule has 0 spiro atoms. The minimum Gasteiger partial charge on any atom is -0.465 e. The lowest BCUT2D eigenvalue weighted by molar-refractivity contribution is -0.109. The Morgan fingerprint density at radius 2 is 2.38 bits per heavy atom. The average Bonchev–Trinajstić information content (AvgIpc) is 2.25. The van der Waals surface area contributed by atoms with E-state index in [1.165, 1.54) is 4.90 Å². The monoisotopic (exact) mass is 251 g/mol. The maximum absolute atomic E-state index is 10.9. The van der Waals surface area contributed by atoms with Crippen molar-refractivity contribution in [2.24, 2.45) is 0 Å². The van der Waals surface area contributed by atoms with Gasteiger partial charge in [0, 0.05) is 6.04 Å². The van der Waals surface area contributed by atoms with Crippen LogP contribution in [0.15, 0.2) is 0 Å². The normalized spacial score (nSPS) is 24.3. The summed E-state index contributed by atoms with van der Waals surface area (Å²) in [5.41, 5.74) is 0. The lowest BCUT2D eigenvalue weighted by Crippen LogP contribution is -2.54. The topological polar surface area (TPSA) is 81.7 Å². The summed E-state index contributed by atoms with van der Waals surface area (Å²) < 4.78 is 0. The van der Waals surface area contributed by atoms with Crippen molar-refractivity contribution < 1.29 is 14.7 Å². The number of hydrogen-bond acceptors (Lipinski definition) is 4. The molecule has 1 saturated heterocycles. The fraction of sp³-hybridized carbons (Fsp3) is 0.778. The van der Waals surface area contributed by atoms with E-state index in [0.29, 0.717) is 12.7 Å². The zero-order valence-electron chi connectivity index (χ0n) is 9.18. The second-order valence-electron chi connectivity index (χ2n) is 3.58. The standard InChI is InChI=1S/C9H17N3O3.ClH/c1-10-8-6-7(2-3-11-8)12(4-5-13)9(14)15;/h5,7-8,10-11H,2-4,6H2,1H3,(H,14,15);1H. The Bertz CT molecular complexity index is 240. The molecule has 1 rings (SSSR count). The quantitative estimate of drug-likeness (QED) is 0.607. The Morgan fingerprint density at radius 1 is 1.69 bits per heavy atom. The van der Waals surface area contributed by atoms with Crippen LogP contribution in [0, 0.1) is 0 Å². The first-order valence-corrected chi connectivity index (χ1v) is 5.03. The van der Waals surface area contributed by atoms with Crippen molar-refractivity contribution in [2.75, 3.05) is 20.1 Å². The van der Waals surface area contributed by atoms with Crippen LogP contribution in [0.2, 0.25) is 0 Å². The molecule has 0 aliphatic carbocycles. The predicted octanol–water partition coefficient (Wildman–Crippen LogP) is -0.115. The van der Waals surface area contributed by atoms with Crippen molar-refractivity contribution in [1.82, 2.24) is 15.5 Å². The van der Waals surface area contributed by atoms with E-state index in [1.54, 1.807) is 0 Å². The van der Waals surface area contributed by atoms with Crippen LogP contribution >= 0.6 is 12.4 Å². The molecule has 0 aromatic rings. The zero-order chi connectivity index (χ0) is 11.3. The molecule has 2 atom stereocenters. The highest BCUT2D eigenvalue weighted by Crippen LogP contribution is 2.14. The van der Waals surface area contributed by atoms with E-state index in [2.05, 4.69) is 10.6 Å². The van der Waals surface area contributed by atoms with Crippen molar-refractivity contribution in [1.29, 1.82) is 0 Å². The number of nitrogens with one attached hydrogen (secondary N) is 2. The molecule has 94 valence electrons. The molecule has 1 aliphatic heterocycles. The van der Waals surface area contributed by atoms with E-state index >= 15 is 0 Å². The van der Waals surface area contributed by atoms with Gasteiger partial charge >= 0.3 is 6.09 Å². The minimum absolute atomic E-state index is 0. The molecule has 1 fully saturated rings. The summed E-state index contributed by atoms with van der Waals surface area (Å²) in [6.07, 6.45) is 1.17. The summed E-state index contributed by atoms with van der Waals surface area (Å²) in [6, 6.07) is -0.0774. The number of halogens is 1. The van der Waals surface area contributed by atoms with Crippen molar-refractivity contribution in [2.45, 2.75) is 25.0 Å². The van der Waals surface area contributed by atoms with Crippen molar-refractivity contribution in [3.05, 3.63) is 0 Å². The van der Waals surface area contributed by atoms with Gasteiger partial charge in [-0.1, -0.05) is 0 Å². The number of hydrogen-bond donors (Lipinski definition) is 3. The Kier molecular flexibility index (Phi) is 7.03. The molecule has 1 aliphatic rings. The number of amides is 1. The number of carbonyl (C=O) groups excluding carboxylic acids is 1. The third-order valence-electron chi connectivity index (χ3n) is 2.68. The van der Waals surface area contributed by atoms with Crippen LogP contribution in [0.1, 0.15) is 12.8 Å². The number of rotatable bonds is 4. The van der Waals surface area contributed by atoms with Crippen LogP contribution in [0.3, 0.4) is 0 Å². The second kappa shape index (κ2) is 7.43. The van der Waals surface area contributed by atoms with Crippen molar-refractivity contribution >= 4 is 24.8 Å². The van der Waals surface area contributed by atoms with E-state index < -0.39 is 6.09 Å². The van der Waals surface area contributed by atoms with Gasteiger partial charge in [0.1, 0.15) is 6.29 Å². The highest BCUT2D eigenvalue weighted by atomic mass is 35.5. The van der Waals surface area contributed by atoms with Gasteiger partial charge in [0.25, 0.3) is 0 Å². The number of piperidine rings is 1. The smallest absolute Gasteiger partial charge is 0.407 e. The molecular weight excluding hydrogens is 234 g/mol. The molecule has 7 heteroatoms. The lowest BCUT2D eigenvalue weighted by Gasteiger charge is -2.35. The highest BCUT2D eigenvalue weighted by Gasteiger charge is 2.28.